The van der Waals surface area contributed by atoms with Gasteiger partial charge in [0.1, 0.15) is 11.3 Å². The number of aromatic carboxylic acids is 1. The largest absolute Gasteiger partial charge is 0.496 e. The molecule has 0 bridgehead atoms. The van der Waals surface area contributed by atoms with Gasteiger partial charge in [-0.2, -0.15) is 0 Å². The van der Waals surface area contributed by atoms with Crippen LogP contribution in [-0.2, 0) is 0 Å². The van der Waals surface area contributed by atoms with Crippen LogP contribution in [-0.4, -0.2) is 22.8 Å². The predicted octanol–water partition coefficient (Wildman–Crippen LogP) is 2.80. The van der Waals surface area contributed by atoms with E-state index in [1.165, 1.54) is 10.6 Å². The third kappa shape index (κ3) is 2.67. The molecular weight excluding hydrogens is 270 g/mol. The molecule has 0 aliphatic carbocycles. The van der Waals surface area contributed by atoms with Crippen molar-refractivity contribution in [3.8, 4) is 17.0 Å². The number of methoxy groups -OCH3 is 1. The predicted molar refractivity (Wildman–Crippen MR) is 80.0 cm³/mol. The van der Waals surface area contributed by atoms with Gasteiger partial charge in [-0.15, -0.1) is 0 Å². The van der Waals surface area contributed by atoms with Crippen LogP contribution in [0.3, 0.4) is 0 Å². The molecule has 0 unspecified atom stereocenters. The van der Waals surface area contributed by atoms with Gasteiger partial charge in [0.15, 0.2) is 0 Å². The van der Waals surface area contributed by atoms with E-state index in [0.29, 0.717) is 11.4 Å². The molecule has 0 saturated carbocycles. The van der Waals surface area contributed by atoms with E-state index in [4.69, 9.17) is 9.84 Å². The normalized spacial score (nSPS) is 10.7. The molecule has 0 aliphatic rings. The van der Waals surface area contributed by atoms with Crippen LogP contribution in [0.2, 0.25) is 0 Å². The fraction of sp³-hybridized carbons (Fsp3) is 0.250. The summed E-state index contributed by atoms with van der Waals surface area (Å²) in [5, 5.41) is 9.10. The van der Waals surface area contributed by atoms with Crippen LogP contribution in [0.15, 0.2) is 41.2 Å². The first kappa shape index (κ1) is 14.8. The summed E-state index contributed by atoms with van der Waals surface area (Å²) < 4.78 is 6.79. The van der Waals surface area contributed by atoms with Crippen molar-refractivity contribution < 1.29 is 14.6 Å². The van der Waals surface area contributed by atoms with Crippen molar-refractivity contribution in [3.63, 3.8) is 0 Å². The average Bonchev–Trinajstić information content (AvgIpc) is 2.45. The Morgan fingerprint density at radius 2 is 1.86 bits per heavy atom. The number of rotatable bonds is 4. The SMILES string of the molecule is COc1ccccc1-c1ccc(C(=O)O)c(=O)n1C(C)C. The zero-order chi connectivity index (χ0) is 15.6. The van der Waals surface area contributed by atoms with Crippen LogP contribution >= 0.6 is 0 Å². The molecule has 0 fully saturated rings. The zero-order valence-corrected chi connectivity index (χ0v) is 12.2. The number of hydrogen-bond donors (Lipinski definition) is 1. The molecule has 0 radical (unpaired) electrons. The lowest BCUT2D eigenvalue weighted by Crippen LogP contribution is -2.28. The van der Waals surface area contributed by atoms with Crippen molar-refractivity contribution in [1.82, 2.24) is 4.57 Å². The molecule has 5 nitrogen and oxygen atoms in total. The molecule has 1 N–H and O–H groups in total. The Bertz CT molecular complexity index is 731. The quantitative estimate of drug-likeness (QED) is 0.938. The summed E-state index contributed by atoms with van der Waals surface area (Å²) in [6, 6.07) is 10.1. The fourth-order valence-electron chi connectivity index (χ4n) is 2.30. The molecular formula is C16H17NO4. The van der Waals surface area contributed by atoms with Crippen molar-refractivity contribution in [2.75, 3.05) is 7.11 Å². The van der Waals surface area contributed by atoms with Crippen LogP contribution in [0.4, 0.5) is 0 Å². The molecule has 110 valence electrons. The Morgan fingerprint density at radius 3 is 2.43 bits per heavy atom. The highest BCUT2D eigenvalue weighted by atomic mass is 16.5. The zero-order valence-electron chi connectivity index (χ0n) is 12.2. The van der Waals surface area contributed by atoms with Gasteiger partial charge in [-0.25, -0.2) is 4.79 Å². The molecule has 21 heavy (non-hydrogen) atoms. The summed E-state index contributed by atoms with van der Waals surface area (Å²) in [5.41, 5.74) is 0.642. The lowest BCUT2D eigenvalue weighted by Gasteiger charge is -2.18. The Morgan fingerprint density at radius 1 is 1.19 bits per heavy atom. The summed E-state index contributed by atoms with van der Waals surface area (Å²) in [6.07, 6.45) is 0. The first-order valence-electron chi connectivity index (χ1n) is 6.59. The Balaban J connectivity index is 2.78. The minimum atomic E-state index is -1.22. The molecule has 5 heteroatoms. The second-order valence-electron chi connectivity index (χ2n) is 4.91. The minimum Gasteiger partial charge on any atom is -0.496 e. The summed E-state index contributed by atoms with van der Waals surface area (Å²) in [7, 11) is 1.56. The maximum Gasteiger partial charge on any atom is 0.341 e. The monoisotopic (exact) mass is 287 g/mol. The number of carboxylic acid groups (broad SMARTS) is 1. The highest BCUT2D eigenvalue weighted by Crippen LogP contribution is 2.30. The molecule has 1 aromatic carbocycles. The van der Waals surface area contributed by atoms with Gasteiger partial charge in [-0.1, -0.05) is 12.1 Å². The number of ether oxygens (including phenoxy) is 1. The molecule has 1 aromatic heterocycles. The molecule has 2 rings (SSSR count). The maximum atomic E-state index is 12.4. The van der Waals surface area contributed by atoms with Gasteiger partial charge in [-0.3, -0.25) is 4.79 Å². The molecule has 0 atom stereocenters. The van der Waals surface area contributed by atoms with E-state index < -0.39 is 11.5 Å². The number of hydrogen-bond acceptors (Lipinski definition) is 3. The third-order valence-corrected chi connectivity index (χ3v) is 3.25. The first-order chi connectivity index (χ1) is 9.97. The summed E-state index contributed by atoms with van der Waals surface area (Å²) in [5.74, 6) is -0.588. The van der Waals surface area contributed by atoms with Crippen molar-refractivity contribution >= 4 is 5.97 Å². The van der Waals surface area contributed by atoms with Crippen LogP contribution < -0.4 is 10.3 Å². The number of para-hydroxylation sites is 1. The van der Waals surface area contributed by atoms with Gasteiger partial charge in [0, 0.05) is 11.6 Å². The topological polar surface area (TPSA) is 68.5 Å². The van der Waals surface area contributed by atoms with E-state index in [9.17, 15) is 9.59 Å². The number of nitrogens with zero attached hydrogens (tertiary/aromatic N) is 1. The van der Waals surface area contributed by atoms with E-state index in [-0.39, 0.29) is 11.6 Å². The highest BCUT2D eigenvalue weighted by Gasteiger charge is 2.18. The Labute approximate surface area is 122 Å². The van der Waals surface area contributed by atoms with Crippen molar-refractivity contribution in [2.45, 2.75) is 19.9 Å². The minimum absolute atomic E-state index is 0.170. The van der Waals surface area contributed by atoms with Crippen LogP contribution in [0.1, 0.15) is 30.2 Å². The highest BCUT2D eigenvalue weighted by molar-refractivity contribution is 5.87. The van der Waals surface area contributed by atoms with Gasteiger partial charge in [0.05, 0.1) is 12.8 Å². The molecule has 0 spiro atoms. The van der Waals surface area contributed by atoms with Crippen molar-refractivity contribution in [3.05, 3.63) is 52.3 Å². The fourth-order valence-corrected chi connectivity index (χ4v) is 2.30. The summed E-state index contributed by atoms with van der Waals surface area (Å²) in [4.78, 5) is 23.5. The van der Waals surface area contributed by atoms with Gasteiger partial charge in [0.25, 0.3) is 5.56 Å². The van der Waals surface area contributed by atoms with Crippen LogP contribution in [0, 0.1) is 0 Å². The molecule has 1 heterocycles. The lowest BCUT2D eigenvalue weighted by molar-refractivity contribution is 0.0694. The summed E-state index contributed by atoms with van der Waals surface area (Å²) >= 11 is 0. The standard InChI is InChI=1S/C16H17NO4/c1-10(2)17-13(9-8-12(15(17)18)16(19)20)11-6-4-5-7-14(11)21-3/h4-10H,1-3H3,(H,19,20). The summed E-state index contributed by atoms with van der Waals surface area (Å²) in [6.45, 7) is 3.68. The number of pyridine rings is 1. The van der Waals surface area contributed by atoms with E-state index in [2.05, 4.69) is 0 Å². The van der Waals surface area contributed by atoms with Crippen LogP contribution in [0.25, 0.3) is 11.3 Å². The van der Waals surface area contributed by atoms with Crippen molar-refractivity contribution in [2.24, 2.45) is 0 Å². The number of carboxylic acids is 1. The second kappa shape index (κ2) is 5.83. The Kier molecular flexibility index (Phi) is 4.12. The van der Waals surface area contributed by atoms with E-state index in [1.54, 1.807) is 19.2 Å². The van der Waals surface area contributed by atoms with Gasteiger partial charge in [0.2, 0.25) is 0 Å². The van der Waals surface area contributed by atoms with E-state index >= 15 is 0 Å². The van der Waals surface area contributed by atoms with Gasteiger partial charge in [-0.05, 0) is 38.1 Å². The Hall–Kier alpha value is -2.56. The molecule has 0 saturated heterocycles. The first-order valence-corrected chi connectivity index (χ1v) is 6.59. The van der Waals surface area contributed by atoms with Gasteiger partial charge < -0.3 is 14.4 Å². The van der Waals surface area contributed by atoms with Crippen LogP contribution in [0.5, 0.6) is 5.75 Å². The van der Waals surface area contributed by atoms with E-state index in [0.717, 1.165) is 5.56 Å². The number of aromatic nitrogens is 1. The number of benzene rings is 1. The number of carbonyl (C=O) groups is 1. The van der Waals surface area contributed by atoms with Crippen molar-refractivity contribution in [1.29, 1.82) is 0 Å². The molecule has 0 aliphatic heterocycles. The smallest absolute Gasteiger partial charge is 0.341 e. The van der Waals surface area contributed by atoms with Gasteiger partial charge >= 0.3 is 5.97 Å². The lowest BCUT2D eigenvalue weighted by atomic mass is 10.1. The maximum absolute atomic E-state index is 12.4. The third-order valence-electron chi connectivity index (χ3n) is 3.25. The average molecular weight is 287 g/mol. The second-order valence-corrected chi connectivity index (χ2v) is 4.91. The molecule has 0 amide bonds. The van der Waals surface area contributed by atoms with E-state index in [1.807, 2.05) is 32.0 Å². The molecule has 2 aromatic rings.